The van der Waals surface area contributed by atoms with Gasteiger partial charge in [0.15, 0.2) is 0 Å². The Morgan fingerprint density at radius 3 is 1.95 bits per heavy atom. The number of hydrogen-bond acceptors (Lipinski definition) is 2. The maximum atomic E-state index is 4.91. The summed E-state index contributed by atoms with van der Waals surface area (Å²) in [5.41, 5.74) is 18.5. The van der Waals surface area contributed by atoms with Gasteiger partial charge in [0.25, 0.3) is 0 Å². The predicted octanol–water partition coefficient (Wildman–Crippen LogP) is 15.5. The number of nitrogens with zero attached hydrogens (tertiary/aromatic N) is 2. The minimum absolute atomic E-state index is 0.00304. The lowest BCUT2D eigenvalue weighted by atomic mass is 9.82. The van der Waals surface area contributed by atoms with Crippen LogP contribution in [0.5, 0.6) is 0 Å². The van der Waals surface area contributed by atoms with Crippen molar-refractivity contribution in [2.24, 2.45) is 0 Å². The van der Waals surface area contributed by atoms with Crippen LogP contribution in [-0.2, 0) is 5.41 Å². The molecule has 0 atom stereocenters. The van der Waals surface area contributed by atoms with Crippen molar-refractivity contribution in [2.45, 2.75) is 19.3 Å². The average Bonchev–Trinajstić information content (AvgIpc) is 3.94. The summed E-state index contributed by atoms with van der Waals surface area (Å²) in [6.45, 7) is 4.68. The molecule has 278 valence electrons. The molecule has 59 heavy (non-hydrogen) atoms. The van der Waals surface area contributed by atoms with Gasteiger partial charge in [-0.15, -0.1) is 11.3 Å². The minimum atomic E-state index is -0.00304. The van der Waals surface area contributed by atoms with Gasteiger partial charge in [-0.1, -0.05) is 153 Å². The standard InChI is InChI=1S/C56H38N2S/c1-56(2)49-15-6-5-14-45(49)47-32-41(24-28-50(47)56)38-12-9-13-39(30-38)42-25-29-52-48(33-42)46-27-23-43(34-53(46)58(52)44-26-22-35-10-3-4-11-40(35)31-44)36-18-20-37(21-19-36)55-57-51-16-7-8-17-54(51)59-55/h3-34H,1-2H3. The average molecular weight is 771 g/mol. The third-order valence-electron chi connectivity index (χ3n) is 12.6. The fourth-order valence-corrected chi connectivity index (χ4v) is 10.5. The molecule has 2 heterocycles. The maximum Gasteiger partial charge on any atom is 0.124 e. The van der Waals surface area contributed by atoms with Gasteiger partial charge in [-0.05, 0) is 121 Å². The normalized spacial score (nSPS) is 13.1. The third-order valence-corrected chi connectivity index (χ3v) is 13.7. The fraction of sp³-hybridized carbons (Fsp3) is 0.0536. The van der Waals surface area contributed by atoms with E-state index < -0.39 is 0 Å². The molecular weight excluding hydrogens is 733 g/mol. The molecule has 2 nitrogen and oxygen atoms in total. The molecule has 0 radical (unpaired) electrons. The van der Waals surface area contributed by atoms with Crippen molar-refractivity contribution >= 4 is 54.1 Å². The highest BCUT2D eigenvalue weighted by atomic mass is 32.1. The van der Waals surface area contributed by atoms with Crippen LogP contribution in [0.4, 0.5) is 0 Å². The summed E-state index contributed by atoms with van der Waals surface area (Å²) in [6.07, 6.45) is 0. The van der Waals surface area contributed by atoms with Crippen LogP contribution in [0.2, 0.25) is 0 Å². The second-order valence-electron chi connectivity index (χ2n) is 16.4. The first kappa shape index (κ1) is 34.0. The molecule has 0 N–H and O–H groups in total. The molecule has 11 aromatic rings. The van der Waals surface area contributed by atoms with Gasteiger partial charge in [0, 0.05) is 27.4 Å². The zero-order valence-electron chi connectivity index (χ0n) is 32.8. The third kappa shape index (κ3) is 5.42. The van der Waals surface area contributed by atoms with Crippen LogP contribution < -0.4 is 0 Å². The van der Waals surface area contributed by atoms with Gasteiger partial charge < -0.3 is 4.57 Å². The van der Waals surface area contributed by atoms with Gasteiger partial charge in [-0.25, -0.2) is 4.98 Å². The second kappa shape index (κ2) is 13.0. The van der Waals surface area contributed by atoms with E-state index in [4.69, 9.17) is 4.98 Å². The minimum Gasteiger partial charge on any atom is -0.309 e. The highest BCUT2D eigenvalue weighted by molar-refractivity contribution is 7.21. The van der Waals surface area contributed by atoms with Crippen molar-refractivity contribution in [3.8, 4) is 60.8 Å². The summed E-state index contributed by atoms with van der Waals surface area (Å²) in [4.78, 5) is 4.91. The van der Waals surface area contributed by atoms with E-state index in [-0.39, 0.29) is 5.41 Å². The summed E-state index contributed by atoms with van der Waals surface area (Å²) in [5.74, 6) is 0. The molecule has 0 bridgehead atoms. The number of hydrogen-bond donors (Lipinski definition) is 0. The summed E-state index contributed by atoms with van der Waals surface area (Å²) >= 11 is 1.74. The lowest BCUT2D eigenvalue weighted by molar-refractivity contribution is 0.660. The largest absolute Gasteiger partial charge is 0.309 e. The van der Waals surface area contributed by atoms with Gasteiger partial charge >= 0.3 is 0 Å². The van der Waals surface area contributed by atoms with Crippen molar-refractivity contribution in [2.75, 3.05) is 0 Å². The molecule has 0 saturated carbocycles. The molecular formula is C56H38N2S. The summed E-state index contributed by atoms with van der Waals surface area (Å²) in [6, 6.07) is 71.6. The van der Waals surface area contributed by atoms with Crippen LogP contribution in [-0.4, -0.2) is 9.55 Å². The van der Waals surface area contributed by atoms with Crippen molar-refractivity contribution in [1.82, 2.24) is 9.55 Å². The first-order chi connectivity index (χ1) is 29.0. The van der Waals surface area contributed by atoms with Crippen LogP contribution in [0.1, 0.15) is 25.0 Å². The summed E-state index contributed by atoms with van der Waals surface area (Å²) in [7, 11) is 0. The van der Waals surface area contributed by atoms with Crippen molar-refractivity contribution in [1.29, 1.82) is 0 Å². The lowest BCUT2D eigenvalue weighted by Gasteiger charge is -2.21. The molecule has 0 unspecified atom stereocenters. The van der Waals surface area contributed by atoms with Crippen molar-refractivity contribution in [3.63, 3.8) is 0 Å². The van der Waals surface area contributed by atoms with Crippen LogP contribution in [0.15, 0.2) is 194 Å². The molecule has 1 aliphatic rings. The molecule has 0 amide bonds. The predicted molar refractivity (Wildman–Crippen MR) is 251 cm³/mol. The Morgan fingerprint density at radius 1 is 0.424 bits per heavy atom. The Bertz CT molecular complexity index is 3440. The Labute approximate surface area is 347 Å². The summed E-state index contributed by atoms with van der Waals surface area (Å²) < 4.78 is 3.66. The molecule has 3 heteroatoms. The molecule has 0 saturated heterocycles. The van der Waals surface area contributed by atoms with Crippen LogP contribution in [0.25, 0.3) is 104 Å². The monoisotopic (exact) mass is 770 g/mol. The molecule has 0 fully saturated rings. The van der Waals surface area contributed by atoms with Crippen molar-refractivity contribution in [3.05, 3.63) is 205 Å². The Hall–Kier alpha value is -7.07. The zero-order chi connectivity index (χ0) is 39.2. The SMILES string of the molecule is CC1(C)c2ccccc2-c2cc(-c3cccc(-c4ccc5c(c4)c4ccc(-c6ccc(-c7nc8ccccc8s7)cc6)cc4n5-c4ccc5ccccc5c4)c3)ccc21. The summed E-state index contributed by atoms with van der Waals surface area (Å²) in [5, 5.41) is 6.00. The fourth-order valence-electron chi connectivity index (χ4n) is 9.55. The van der Waals surface area contributed by atoms with Gasteiger partial charge in [0.2, 0.25) is 0 Å². The molecule has 2 aromatic heterocycles. The van der Waals surface area contributed by atoms with E-state index >= 15 is 0 Å². The second-order valence-corrected chi connectivity index (χ2v) is 17.4. The first-order valence-corrected chi connectivity index (χ1v) is 21.2. The number of para-hydroxylation sites is 1. The van der Waals surface area contributed by atoms with E-state index in [0.717, 1.165) is 21.8 Å². The van der Waals surface area contributed by atoms with E-state index in [9.17, 15) is 0 Å². The Kier molecular flexibility index (Phi) is 7.48. The highest BCUT2D eigenvalue weighted by Crippen LogP contribution is 2.49. The zero-order valence-corrected chi connectivity index (χ0v) is 33.6. The van der Waals surface area contributed by atoms with E-state index in [1.165, 1.54) is 92.9 Å². The number of aromatic nitrogens is 2. The van der Waals surface area contributed by atoms with E-state index in [0.29, 0.717) is 0 Å². The molecule has 0 spiro atoms. The number of benzene rings is 9. The number of fused-ring (bicyclic) bond motifs is 8. The van der Waals surface area contributed by atoms with Crippen molar-refractivity contribution < 1.29 is 0 Å². The molecule has 0 aliphatic heterocycles. The van der Waals surface area contributed by atoms with Gasteiger partial charge in [-0.3, -0.25) is 0 Å². The van der Waals surface area contributed by atoms with E-state index in [2.05, 4.69) is 213 Å². The first-order valence-electron chi connectivity index (χ1n) is 20.4. The van der Waals surface area contributed by atoms with Gasteiger partial charge in [0.1, 0.15) is 5.01 Å². The topological polar surface area (TPSA) is 17.8 Å². The number of thiazole rings is 1. The molecule has 9 aromatic carbocycles. The van der Waals surface area contributed by atoms with E-state index in [1.54, 1.807) is 11.3 Å². The number of rotatable bonds is 5. The van der Waals surface area contributed by atoms with Gasteiger partial charge in [0.05, 0.1) is 21.3 Å². The molecule has 12 rings (SSSR count). The Morgan fingerprint density at radius 2 is 1.08 bits per heavy atom. The smallest absolute Gasteiger partial charge is 0.124 e. The quantitative estimate of drug-likeness (QED) is 0.170. The van der Waals surface area contributed by atoms with Crippen LogP contribution >= 0.6 is 11.3 Å². The van der Waals surface area contributed by atoms with Crippen LogP contribution in [0.3, 0.4) is 0 Å². The highest BCUT2D eigenvalue weighted by Gasteiger charge is 2.35. The van der Waals surface area contributed by atoms with E-state index in [1.807, 2.05) is 0 Å². The maximum absolute atomic E-state index is 4.91. The molecule has 1 aliphatic carbocycles. The Balaban J connectivity index is 0.969. The van der Waals surface area contributed by atoms with Gasteiger partial charge in [-0.2, -0.15) is 0 Å². The lowest BCUT2D eigenvalue weighted by Crippen LogP contribution is -2.14. The van der Waals surface area contributed by atoms with Crippen LogP contribution in [0, 0.1) is 0 Å².